The van der Waals surface area contributed by atoms with E-state index in [-0.39, 0.29) is 23.8 Å². The van der Waals surface area contributed by atoms with E-state index in [0.29, 0.717) is 17.7 Å². The van der Waals surface area contributed by atoms with Gasteiger partial charge in [0.2, 0.25) is 5.91 Å². The Bertz CT molecular complexity index is 811. The number of nitrogens with one attached hydrogen (secondary N) is 1. The lowest BCUT2D eigenvalue weighted by molar-refractivity contribution is -0.175. The Balaban J connectivity index is 1.42. The van der Waals surface area contributed by atoms with E-state index in [9.17, 15) is 4.79 Å². The monoisotopic (exact) mass is 343 g/mol. The Hall–Kier alpha value is -2.02. The Kier molecular flexibility index (Phi) is 3.98. The molecule has 2 saturated carbocycles. The van der Waals surface area contributed by atoms with Crippen molar-refractivity contribution in [1.82, 2.24) is 24.9 Å². The van der Waals surface area contributed by atoms with Gasteiger partial charge in [0, 0.05) is 29.5 Å². The van der Waals surface area contributed by atoms with E-state index >= 15 is 0 Å². The molecule has 1 amide bonds. The third kappa shape index (κ3) is 2.70. The Morgan fingerprint density at radius 2 is 2.20 bits per heavy atom. The van der Waals surface area contributed by atoms with Crippen molar-refractivity contribution < 1.29 is 9.53 Å². The van der Waals surface area contributed by atoms with Crippen LogP contribution in [0.1, 0.15) is 49.8 Å². The summed E-state index contributed by atoms with van der Waals surface area (Å²) < 4.78 is 7.53. The molecule has 25 heavy (non-hydrogen) atoms. The maximum absolute atomic E-state index is 12.5. The van der Waals surface area contributed by atoms with Crippen molar-refractivity contribution >= 4 is 11.7 Å². The fourth-order valence-corrected chi connectivity index (χ4v) is 4.31. The number of ether oxygens (including phenoxy) is 1. The molecule has 7 heteroatoms. The molecule has 7 nitrogen and oxygen atoms in total. The zero-order valence-electron chi connectivity index (χ0n) is 15.1. The number of carbonyl (C=O) groups is 1. The van der Waals surface area contributed by atoms with Gasteiger partial charge in [0.05, 0.1) is 12.5 Å². The van der Waals surface area contributed by atoms with Crippen molar-refractivity contribution in [1.29, 1.82) is 0 Å². The van der Waals surface area contributed by atoms with Gasteiger partial charge in [0.25, 0.3) is 5.78 Å². The molecule has 2 aliphatic carbocycles. The van der Waals surface area contributed by atoms with Crippen molar-refractivity contribution in [3.63, 3.8) is 0 Å². The van der Waals surface area contributed by atoms with E-state index in [1.807, 2.05) is 26.8 Å². The van der Waals surface area contributed by atoms with Crippen LogP contribution < -0.4 is 5.32 Å². The fourth-order valence-electron chi connectivity index (χ4n) is 4.31. The lowest BCUT2D eigenvalue weighted by atomic mass is 9.51. The number of aryl methyl sites for hydroxylation is 2. The van der Waals surface area contributed by atoms with Gasteiger partial charge in [-0.2, -0.15) is 4.98 Å². The highest BCUT2D eigenvalue weighted by molar-refractivity contribution is 5.78. The standard InChI is InChI=1S/C18H25N5O2/c1-4-25-14-9-13(18(14)6-5-7-18)20-16(24)10-15-21-17-19-11(2)8-12(3)23(17)22-15/h8,13-14H,4-7,9-10H2,1-3H3,(H,20,24)/t13-,14+/m0/s1. The summed E-state index contributed by atoms with van der Waals surface area (Å²) in [6.45, 7) is 6.66. The van der Waals surface area contributed by atoms with E-state index in [4.69, 9.17) is 4.74 Å². The maximum atomic E-state index is 12.5. The predicted molar refractivity (Wildman–Crippen MR) is 92.2 cm³/mol. The molecule has 2 aliphatic rings. The van der Waals surface area contributed by atoms with Crippen LogP contribution in [-0.2, 0) is 16.0 Å². The first-order valence-corrected chi connectivity index (χ1v) is 9.12. The van der Waals surface area contributed by atoms with Crippen LogP contribution in [0.4, 0.5) is 0 Å². The van der Waals surface area contributed by atoms with E-state index in [0.717, 1.165) is 37.3 Å². The second-order valence-corrected chi connectivity index (χ2v) is 7.34. The van der Waals surface area contributed by atoms with Gasteiger partial charge in [-0.25, -0.2) is 9.50 Å². The van der Waals surface area contributed by atoms with Crippen LogP contribution >= 0.6 is 0 Å². The molecular weight excluding hydrogens is 318 g/mol. The number of nitrogens with zero attached hydrogens (tertiary/aromatic N) is 4. The first-order valence-electron chi connectivity index (χ1n) is 9.12. The lowest BCUT2D eigenvalue weighted by Crippen LogP contribution is -2.67. The summed E-state index contributed by atoms with van der Waals surface area (Å²) in [6, 6.07) is 2.18. The van der Waals surface area contributed by atoms with E-state index in [2.05, 4.69) is 20.4 Å². The van der Waals surface area contributed by atoms with Gasteiger partial charge in [0.15, 0.2) is 5.82 Å². The lowest BCUT2D eigenvalue weighted by Gasteiger charge is -2.61. The number of hydrogen-bond acceptors (Lipinski definition) is 5. The molecule has 2 fully saturated rings. The average Bonchev–Trinajstić information content (AvgIpc) is 2.86. The first kappa shape index (κ1) is 16.4. The van der Waals surface area contributed by atoms with Crippen LogP contribution in [0.25, 0.3) is 5.78 Å². The predicted octanol–water partition coefficient (Wildman–Crippen LogP) is 1.75. The molecule has 0 radical (unpaired) electrons. The summed E-state index contributed by atoms with van der Waals surface area (Å²) in [5.74, 6) is 1.05. The third-order valence-corrected chi connectivity index (χ3v) is 5.75. The van der Waals surface area contributed by atoms with E-state index in [1.54, 1.807) is 4.52 Å². The molecular formula is C18H25N5O2. The fraction of sp³-hybridized carbons (Fsp3) is 0.667. The van der Waals surface area contributed by atoms with Crippen LogP contribution in [0.2, 0.25) is 0 Å². The number of fused-ring (bicyclic) bond motifs is 1. The molecule has 1 N–H and O–H groups in total. The quantitative estimate of drug-likeness (QED) is 0.894. The highest BCUT2D eigenvalue weighted by atomic mass is 16.5. The summed E-state index contributed by atoms with van der Waals surface area (Å²) in [7, 11) is 0. The summed E-state index contributed by atoms with van der Waals surface area (Å²) in [4.78, 5) is 21.2. The van der Waals surface area contributed by atoms with Gasteiger partial charge < -0.3 is 10.1 Å². The molecule has 2 aromatic rings. The molecule has 0 bridgehead atoms. The van der Waals surface area contributed by atoms with Crippen LogP contribution in [0.15, 0.2) is 6.07 Å². The third-order valence-electron chi connectivity index (χ3n) is 5.75. The average molecular weight is 343 g/mol. The van der Waals surface area contributed by atoms with Crippen LogP contribution in [-0.4, -0.2) is 44.2 Å². The highest BCUT2D eigenvalue weighted by Crippen LogP contribution is 2.57. The Morgan fingerprint density at radius 1 is 1.40 bits per heavy atom. The SMILES string of the molecule is CCO[C@@H]1C[C@H](NC(=O)Cc2nc3nc(C)cc(C)n3n2)C12CCC2. The van der Waals surface area contributed by atoms with Gasteiger partial charge in [-0.1, -0.05) is 6.42 Å². The minimum Gasteiger partial charge on any atom is -0.378 e. The van der Waals surface area contributed by atoms with Crippen molar-refractivity contribution in [3.8, 4) is 0 Å². The van der Waals surface area contributed by atoms with E-state index < -0.39 is 0 Å². The molecule has 1 spiro atoms. The van der Waals surface area contributed by atoms with Gasteiger partial charge in [-0.3, -0.25) is 4.79 Å². The van der Waals surface area contributed by atoms with Crippen LogP contribution in [0, 0.1) is 19.3 Å². The topological polar surface area (TPSA) is 81.4 Å². The van der Waals surface area contributed by atoms with Gasteiger partial charge in [-0.15, -0.1) is 5.10 Å². The Labute approximate surface area is 147 Å². The normalized spacial score (nSPS) is 24.1. The summed E-state index contributed by atoms with van der Waals surface area (Å²) in [5.41, 5.74) is 2.04. The first-order chi connectivity index (χ1) is 12.0. The number of aromatic nitrogens is 4. The second kappa shape index (κ2) is 6.05. The molecule has 2 atom stereocenters. The summed E-state index contributed by atoms with van der Waals surface area (Å²) in [5, 5.41) is 7.60. The minimum atomic E-state index is -0.0171. The van der Waals surface area contributed by atoms with Gasteiger partial charge >= 0.3 is 0 Å². The van der Waals surface area contributed by atoms with Gasteiger partial charge in [-0.05, 0) is 46.1 Å². The zero-order valence-corrected chi connectivity index (χ0v) is 15.1. The van der Waals surface area contributed by atoms with Gasteiger partial charge in [0.1, 0.15) is 0 Å². The molecule has 0 aliphatic heterocycles. The van der Waals surface area contributed by atoms with Crippen molar-refractivity contribution in [2.75, 3.05) is 6.61 Å². The molecule has 0 aromatic carbocycles. The molecule has 2 heterocycles. The molecule has 0 unspecified atom stereocenters. The van der Waals surface area contributed by atoms with Crippen molar-refractivity contribution in [3.05, 3.63) is 23.3 Å². The second-order valence-electron chi connectivity index (χ2n) is 7.34. The van der Waals surface area contributed by atoms with E-state index in [1.165, 1.54) is 6.42 Å². The van der Waals surface area contributed by atoms with Crippen LogP contribution in [0.5, 0.6) is 0 Å². The molecule has 4 rings (SSSR count). The Morgan fingerprint density at radius 3 is 2.88 bits per heavy atom. The number of amides is 1. The summed E-state index contributed by atoms with van der Waals surface area (Å²) >= 11 is 0. The smallest absolute Gasteiger partial charge is 0.252 e. The number of carbonyl (C=O) groups excluding carboxylic acids is 1. The summed E-state index contributed by atoms with van der Waals surface area (Å²) in [6.07, 6.45) is 4.94. The maximum Gasteiger partial charge on any atom is 0.252 e. The largest absolute Gasteiger partial charge is 0.378 e. The molecule has 0 saturated heterocycles. The molecule has 2 aromatic heterocycles. The van der Waals surface area contributed by atoms with Crippen molar-refractivity contribution in [2.24, 2.45) is 5.41 Å². The van der Waals surface area contributed by atoms with Crippen LogP contribution in [0.3, 0.4) is 0 Å². The number of hydrogen-bond donors (Lipinski definition) is 1. The zero-order chi connectivity index (χ0) is 17.6. The number of rotatable bonds is 5. The highest BCUT2D eigenvalue weighted by Gasteiger charge is 2.59. The van der Waals surface area contributed by atoms with Crippen molar-refractivity contribution in [2.45, 2.75) is 65.0 Å². The minimum absolute atomic E-state index is 0.0171. The molecule has 134 valence electrons.